The second kappa shape index (κ2) is 9.43. The lowest BCUT2D eigenvalue weighted by atomic mass is 9.98. The molecule has 0 spiro atoms. The van der Waals surface area contributed by atoms with Gasteiger partial charge in [-0.25, -0.2) is 4.79 Å². The van der Waals surface area contributed by atoms with Crippen LogP contribution in [0.25, 0.3) is 0 Å². The minimum absolute atomic E-state index is 0.283. The van der Waals surface area contributed by atoms with Gasteiger partial charge < -0.3 is 10.1 Å². The molecule has 2 aromatic rings. The molecular formula is C21H25NO3S. The Morgan fingerprint density at radius 3 is 2.54 bits per heavy atom. The van der Waals surface area contributed by atoms with E-state index in [1.807, 2.05) is 44.2 Å². The quantitative estimate of drug-likeness (QED) is 0.548. The van der Waals surface area contributed by atoms with Crippen LogP contribution in [0.5, 0.6) is 0 Å². The molecule has 26 heavy (non-hydrogen) atoms. The normalized spacial score (nSPS) is 10.7. The molecule has 5 heteroatoms. The zero-order valence-corrected chi connectivity index (χ0v) is 16.5. The molecule has 0 unspecified atom stereocenters. The highest BCUT2D eigenvalue weighted by atomic mass is 32.2. The standard InChI is InChI=1S/C21H25NO3S/c1-5-26-18-12-7-6-10-17(18)21(24)25-13-19(23)22-20-15(4)9-8-11-16(20)14(2)3/h6-12,14H,5,13H2,1-4H3,(H,22,23). The summed E-state index contributed by atoms with van der Waals surface area (Å²) in [6.07, 6.45) is 0. The third kappa shape index (κ3) is 5.11. The summed E-state index contributed by atoms with van der Waals surface area (Å²) in [7, 11) is 0. The third-order valence-electron chi connectivity index (χ3n) is 3.93. The molecule has 0 heterocycles. The van der Waals surface area contributed by atoms with Crippen molar-refractivity contribution in [2.24, 2.45) is 0 Å². The average Bonchev–Trinajstić information content (AvgIpc) is 2.62. The van der Waals surface area contributed by atoms with Crippen LogP contribution >= 0.6 is 11.8 Å². The minimum Gasteiger partial charge on any atom is -0.452 e. The number of thioether (sulfide) groups is 1. The summed E-state index contributed by atoms with van der Waals surface area (Å²) in [6, 6.07) is 13.2. The summed E-state index contributed by atoms with van der Waals surface area (Å²) in [4.78, 5) is 25.5. The molecule has 0 fully saturated rings. The number of hydrogen-bond donors (Lipinski definition) is 1. The lowest BCUT2D eigenvalue weighted by Crippen LogP contribution is -2.22. The molecule has 0 aliphatic rings. The van der Waals surface area contributed by atoms with E-state index in [4.69, 9.17) is 4.74 Å². The maximum Gasteiger partial charge on any atom is 0.339 e. The maximum atomic E-state index is 12.3. The van der Waals surface area contributed by atoms with E-state index in [1.54, 1.807) is 23.9 Å². The number of anilines is 1. The molecule has 1 amide bonds. The number of amides is 1. The summed E-state index contributed by atoms with van der Waals surface area (Å²) < 4.78 is 5.22. The molecule has 0 aromatic heterocycles. The number of aryl methyl sites for hydroxylation is 1. The van der Waals surface area contributed by atoms with Crippen LogP contribution in [0, 0.1) is 6.92 Å². The zero-order chi connectivity index (χ0) is 19.1. The van der Waals surface area contributed by atoms with Gasteiger partial charge in [-0.3, -0.25) is 4.79 Å². The molecule has 2 rings (SSSR count). The number of carbonyl (C=O) groups excluding carboxylic acids is 2. The van der Waals surface area contributed by atoms with Crippen LogP contribution in [-0.4, -0.2) is 24.2 Å². The van der Waals surface area contributed by atoms with Crippen molar-refractivity contribution in [3.05, 3.63) is 59.2 Å². The van der Waals surface area contributed by atoms with Gasteiger partial charge in [0, 0.05) is 10.6 Å². The Labute approximate surface area is 159 Å². The average molecular weight is 372 g/mol. The van der Waals surface area contributed by atoms with Crippen molar-refractivity contribution in [1.29, 1.82) is 0 Å². The summed E-state index contributed by atoms with van der Waals surface area (Å²) >= 11 is 1.57. The van der Waals surface area contributed by atoms with E-state index in [0.717, 1.165) is 27.5 Å². The number of nitrogens with one attached hydrogen (secondary N) is 1. The number of rotatable bonds is 7. The lowest BCUT2D eigenvalue weighted by molar-refractivity contribution is -0.119. The molecule has 1 N–H and O–H groups in total. The smallest absolute Gasteiger partial charge is 0.339 e. The van der Waals surface area contributed by atoms with Crippen LogP contribution in [0.1, 0.15) is 48.2 Å². The predicted molar refractivity (Wildman–Crippen MR) is 107 cm³/mol. The van der Waals surface area contributed by atoms with Crippen molar-refractivity contribution in [2.45, 2.75) is 38.5 Å². The van der Waals surface area contributed by atoms with Crippen LogP contribution in [0.4, 0.5) is 5.69 Å². The third-order valence-corrected chi connectivity index (χ3v) is 4.89. The molecule has 2 aromatic carbocycles. The first-order valence-electron chi connectivity index (χ1n) is 8.72. The summed E-state index contributed by atoms with van der Waals surface area (Å²) in [5.41, 5.74) is 3.34. The summed E-state index contributed by atoms with van der Waals surface area (Å²) in [6.45, 7) is 7.82. The van der Waals surface area contributed by atoms with Crippen LogP contribution in [0.2, 0.25) is 0 Å². The predicted octanol–water partition coefficient (Wildman–Crippen LogP) is 5.03. The fraction of sp³-hybridized carbons (Fsp3) is 0.333. The Bertz CT molecular complexity index is 787. The van der Waals surface area contributed by atoms with E-state index in [2.05, 4.69) is 19.2 Å². The second-order valence-electron chi connectivity index (χ2n) is 6.25. The molecule has 0 aliphatic heterocycles. The van der Waals surface area contributed by atoms with Crippen molar-refractivity contribution in [2.75, 3.05) is 17.7 Å². The van der Waals surface area contributed by atoms with Crippen molar-refractivity contribution in [3.63, 3.8) is 0 Å². The number of para-hydroxylation sites is 1. The molecule has 0 saturated carbocycles. The SMILES string of the molecule is CCSc1ccccc1C(=O)OCC(=O)Nc1c(C)cccc1C(C)C. The first-order valence-corrected chi connectivity index (χ1v) is 9.70. The van der Waals surface area contributed by atoms with Gasteiger partial charge in [0.15, 0.2) is 6.61 Å². The molecular weight excluding hydrogens is 346 g/mol. The zero-order valence-electron chi connectivity index (χ0n) is 15.7. The van der Waals surface area contributed by atoms with Gasteiger partial charge in [0.05, 0.1) is 5.56 Å². The van der Waals surface area contributed by atoms with Gasteiger partial charge in [0.1, 0.15) is 0 Å². The first kappa shape index (κ1) is 20.0. The fourth-order valence-electron chi connectivity index (χ4n) is 2.64. The Balaban J connectivity index is 2.03. The van der Waals surface area contributed by atoms with E-state index >= 15 is 0 Å². The van der Waals surface area contributed by atoms with Crippen LogP contribution in [0.15, 0.2) is 47.4 Å². The Hall–Kier alpha value is -2.27. The summed E-state index contributed by atoms with van der Waals surface area (Å²) in [5, 5.41) is 2.89. The van der Waals surface area contributed by atoms with Gasteiger partial charge in [-0.15, -0.1) is 11.8 Å². The van der Waals surface area contributed by atoms with E-state index in [0.29, 0.717) is 5.56 Å². The molecule has 0 saturated heterocycles. The van der Waals surface area contributed by atoms with Gasteiger partial charge in [-0.05, 0) is 41.9 Å². The number of ether oxygens (including phenoxy) is 1. The maximum absolute atomic E-state index is 12.3. The minimum atomic E-state index is -0.481. The molecule has 0 aliphatic carbocycles. The molecule has 4 nitrogen and oxygen atoms in total. The lowest BCUT2D eigenvalue weighted by Gasteiger charge is -2.16. The van der Waals surface area contributed by atoms with Crippen molar-refractivity contribution >= 4 is 29.3 Å². The second-order valence-corrected chi connectivity index (χ2v) is 7.55. The molecule has 138 valence electrons. The van der Waals surface area contributed by atoms with E-state index in [9.17, 15) is 9.59 Å². The highest BCUT2D eigenvalue weighted by molar-refractivity contribution is 7.99. The van der Waals surface area contributed by atoms with Gasteiger partial charge in [0.2, 0.25) is 0 Å². The van der Waals surface area contributed by atoms with Crippen molar-refractivity contribution < 1.29 is 14.3 Å². The number of hydrogen-bond acceptors (Lipinski definition) is 4. The van der Waals surface area contributed by atoms with E-state index < -0.39 is 5.97 Å². The topological polar surface area (TPSA) is 55.4 Å². The Kier molecular flexibility index (Phi) is 7.27. The number of benzene rings is 2. The number of carbonyl (C=O) groups is 2. The fourth-order valence-corrected chi connectivity index (χ4v) is 3.44. The Morgan fingerprint density at radius 2 is 1.85 bits per heavy atom. The number of esters is 1. The van der Waals surface area contributed by atoms with Gasteiger partial charge >= 0.3 is 5.97 Å². The van der Waals surface area contributed by atoms with E-state index in [-0.39, 0.29) is 18.4 Å². The van der Waals surface area contributed by atoms with Crippen molar-refractivity contribution in [1.82, 2.24) is 0 Å². The van der Waals surface area contributed by atoms with E-state index in [1.165, 1.54) is 0 Å². The van der Waals surface area contributed by atoms with Crippen LogP contribution < -0.4 is 5.32 Å². The highest BCUT2D eigenvalue weighted by Gasteiger charge is 2.16. The Morgan fingerprint density at radius 1 is 1.12 bits per heavy atom. The summed E-state index contributed by atoms with van der Waals surface area (Å²) in [5.74, 6) is 0.321. The van der Waals surface area contributed by atoms with Crippen LogP contribution in [-0.2, 0) is 9.53 Å². The van der Waals surface area contributed by atoms with Crippen LogP contribution in [0.3, 0.4) is 0 Å². The van der Waals surface area contributed by atoms with Gasteiger partial charge in [-0.2, -0.15) is 0 Å². The van der Waals surface area contributed by atoms with Gasteiger partial charge in [-0.1, -0.05) is 51.1 Å². The van der Waals surface area contributed by atoms with Crippen molar-refractivity contribution in [3.8, 4) is 0 Å². The highest BCUT2D eigenvalue weighted by Crippen LogP contribution is 2.27. The largest absolute Gasteiger partial charge is 0.452 e. The molecule has 0 atom stereocenters. The van der Waals surface area contributed by atoms with Gasteiger partial charge in [0.25, 0.3) is 5.91 Å². The molecule has 0 radical (unpaired) electrons. The monoisotopic (exact) mass is 371 g/mol. The molecule has 0 bridgehead atoms. The first-order chi connectivity index (χ1) is 12.4.